The SMILES string of the molecule is CNC[C@@H]1OCCCC[C@H](C)Oc2ccc(NC(=O)Nc3ccc(F)cc3)cc2C(=O)N([C@H](C)CO)C[C@@H]1C. The smallest absolute Gasteiger partial charge is 0.323 e. The van der Waals surface area contributed by atoms with E-state index in [9.17, 15) is 19.1 Å². The van der Waals surface area contributed by atoms with E-state index >= 15 is 0 Å². The van der Waals surface area contributed by atoms with Crippen LogP contribution < -0.4 is 20.7 Å². The fourth-order valence-corrected chi connectivity index (χ4v) is 4.52. The van der Waals surface area contributed by atoms with Gasteiger partial charge in [0, 0.05) is 37.0 Å². The van der Waals surface area contributed by atoms with Crippen LogP contribution >= 0.6 is 0 Å². The Balaban J connectivity index is 1.92. The molecule has 0 spiro atoms. The Kier molecular flexibility index (Phi) is 11.5. The Morgan fingerprint density at radius 1 is 1.13 bits per heavy atom. The van der Waals surface area contributed by atoms with Crippen LogP contribution in [0, 0.1) is 11.7 Å². The maximum absolute atomic E-state index is 14.0. The summed E-state index contributed by atoms with van der Waals surface area (Å²) in [5.74, 6) is -0.308. The zero-order chi connectivity index (χ0) is 28.4. The molecule has 2 aromatic rings. The highest BCUT2D eigenvalue weighted by Crippen LogP contribution is 2.28. The van der Waals surface area contributed by atoms with Gasteiger partial charge in [0.2, 0.25) is 0 Å². The second-order valence-electron chi connectivity index (χ2n) is 10.2. The molecule has 0 fully saturated rings. The number of rotatable bonds is 6. The van der Waals surface area contributed by atoms with E-state index in [-0.39, 0.29) is 36.2 Å². The number of likely N-dealkylation sites (N-methyl/N-ethyl adjacent to an activating group) is 1. The van der Waals surface area contributed by atoms with Gasteiger partial charge in [-0.3, -0.25) is 4.79 Å². The van der Waals surface area contributed by atoms with Gasteiger partial charge in [-0.2, -0.15) is 0 Å². The molecule has 0 aliphatic carbocycles. The van der Waals surface area contributed by atoms with Crippen molar-refractivity contribution in [2.45, 2.75) is 58.3 Å². The van der Waals surface area contributed by atoms with Crippen molar-refractivity contribution >= 4 is 23.3 Å². The largest absolute Gasteiger partial charge is 0.490 e. The van der Waals surface area contributed by atoms with E-state index in [2.05, 4.69) is 16.0 Å². The van der Waals surface area contributed by atoms with E-state index in [1.807, 2.05) is 20.9 Å². The standard InChI is InChI=1S/C29H41FN4O5/c1-19-17-34(20(2)18-35)28(36)25-15-24(33-29(37)32-23-10-8-22(30)9-11-23)12-13-26(25)39-21(3)7-5-6-14-38-27(19)16-31-4/h8-13,15,19-21,27,31,35H,5-7,14,16-18H2,1-4H3,(H2,32,33,37)/t19-,20+,21-,27-/m0/s1. The highest BCUT2D eigenvalue weighted by Gasteiger charge is 2.29. The third-order valence-corrected chi connectivity index (χ3v) is 6.82. The van der Waals surface area contributed by atoms with Crippen LogP contribution in [0.2, 0.25) is 0 Å². The molecule has 0 unspecified atom stereocenters. The molecular formula is C29H41FN4O5. The van der Waals surface area contributed by atoms with Crippen LogP contribution in [0.15, 0.2) is 42.5 Å². The van der Waals surface area contributed by atoms with Gasteiger partial charge in [-0.1, -0.05) is 6.92 Å². The van der Waals surface area contributed by atoms with Crippen LogP contribution in [-0.2, 0) is 4.74 Å². The number of aliphatic hydroxyl groups excluding tert-OH is 1. The quantitative estimate of drug-likeness (QED) is 0.427. The molecule has 1 aliphatic heterocycles. The summed E-state index contributed by atoms with van der Waals surface area (Å²) >= 11 is 0. The van der Waals surface area contributed by atoms with Crippen LogP contribution in [0.4, 0.5) is 20.6 Å². The lowest BCUT2D eigenvalue weighted by Crippen LogP contribution is -2.47. The number of carbonyl (C=O) groups excluding carboxylic acids is 2. The molecule has 1 aliphatic rings. The molecule has 2 aromatic carbocycles. The first kappa shape index (κ1) is 30.3. The zero-order valence-electron chi connectivity index (χ0n) is 23.2. The molecule has 4 N–H and O–H groups in total. The van der Waals surface area contributed by atoms with Crippen molar-refractivity contribution in [2.24, 2.45) is 5.92 Å². The number of nitrogens with one attached hydrogen (secondary N) is 3. The average Bonchev–Trinajstić information content (AvgIpc) is 2.91. The first-order valence-electron chi connectivity index (χ1n) is 13.5. The number of fused-ring (bicyclic) bond motifs is 1. The summed E-state index contributed by atoms with van der Waals surface area (Å²) in [5, 5.41) is 18.6. The number of anilines is 2. The second kappa shape index (κ2) is 14.8. The second-order valence-corrected chi connectivity index (χ2v) is 10.2. The van der Waals surface area contributed by atoms with E-state index in [0.717, 1.165) is 19.3 Å². The van der Waals surface area contributed by atoms with Gasteiger partial charge in [-0.25, -0.2) is 9.18 Å². The molecule has 1 heterocycles. The Bertz CT molecular complexity index is 1080. The molecule has 10 heteroatoms. The number of hydrogen-bond acceptors (Lipinski definition) is 6. The minimum Gasteiger partial charge on any atom is -0.490 e. The minimum absolute atomic E-state index is 0.00979. The van der Waals surface area contributed by atoms with E-state index in [1.54, 1.807) is 30.0 Å². The van der Waals surface area contributed by atoms with E-state index < -0.39 is 17.9 Å². The van der Waals surface area contributed by atoms with Gasteiger partial charge in [0.25, 0.3) is 5.91 Å². The number of urea groups is 1. The predicted molar refractivity (Wildman–Crippen MR) is 150 cm³/mol. The zero-order valence-corrected chi connectivity index (χ0v) is 23.2. The number of ether oxygens (including phenoxy) is 2. The van der Waals surface area contributed by atoms with Crippen molar-refractivity contribution in [2.75, 3.05) is 44.0 Å². The molecule has 3 rings (SSSR count). The van der Waals surface area contributed by atoms with Gasteiger partial charge >= 0.3 is 6.03 Å². The number of hydrogen-bond donors (Lipinski definition) is 4. The van der Waals surface area contributed by atoms with Gasteiger partial charge in [-0.05, 0) is 82.6 Å². The molecule has 0 saturated carbocycles. The minimum atomic E-state index is -0.537. The van der Waals surface area contributed by atoms with Gasteiger partial charge in [0.1, 0.15) is 11.6 Å². The van der Waals surface area contributed by atoms with Crippen LogP contribution in [0.1, 0.15) is 50.4 Å². The maximum atomic E-state index is 14.0. The summed E-state index contributed by atoms with van der Waals surface area (Å²) in [6.07, 6.45) is 2.36. The molecule has 0 aromatic heterocycles. The fourth-order valence-electron chi connectivity index (χ4n) is 4.52. The van der Waals surface area contributed by atoms with Gasteiger partial charge in [-0.15, -0.1) is 0 Å². The summed E-state index contributed by atoms with van der Waals surface area (Å²) in [4.78, 5) is 28.2. The number of halogens is 1. The first-order valence-corrected chi connectivity index (χ1v) is 13.5. The number of aliphatic hydroxyl groups is 1. The summed E-state index contributed by atoms with van der Waals surface area (Å²) in [6.45, 7) is 7.22. The van der Waals surface area contributed by atoms with Crippen molar-refractivity contribution in [3.05, 3.63) is 53.8 Å². The lowest BCUT2D eigenvalue weighted by atomic mass is 10.0. The van der Waals surface area contributed by atoms with E-state index in [1.165, 1.54) is 24.3 Å². The monoisotopic (exact) mass is 544 g/mol. The predicted octanol–water partition coefficient (Wildman–Crippen LogP) is 4.48. The molecule has 39 heavy (non-hydrogen) atoms. The number of amides is 3. The molecule has 214 valence electrons. The third-order valence-electron chi connectivity index (χ3n) is 6.82. The van der Waals surface area contributed by atoms with Gasteiger partial charge in [0.05, 0.1) is 30.4 Å². The maximum Gasteiger partial charge on any atom is 0.323 e. The molecule has 4 atom stereocenters. The fraction of sp³-hybridized carbons (Fsp3) is 0.517. The topological polar surface area (TPSA) is 112 Å². The summed E-state index contributed by atoms with van der Waals surface area (Å²) in [5.41, 5.74) is 1.10. The van der Waals surface area contributed by atoms with Crippen LogP contribution in [0.25, 0.3) is 0 Å². The molecular weight excluding hydrogens is 503 g/mol. The Morgan fingerprint density at radius 2 is 1.82 bits per heavy atom. The highest BCUT2D eigenvalue weighted by molar-refractivity contribution is 6.02. The summed E-state index contributed by atoms with van der Waals surface area (Å²) in [7, 11) is 1.87. The lowest BCUT2D eigenvalue weighted by molar-refractivity contribution is -0.000451. The van der Waals surface area contributed by atoms with E-state index in [4.69, 9.17) is 9.47 Å². The Hall–Kier alpha value is -3.21. The van der Waals surface area contributed by atoms with Crippen molar-refractivity contribution in [3.63, 3.8) is 0 Å². The average molecular weight is 545 g/mol. The normalized spacial score (nSPS) is 21.7. The Labute approximate surface area is 230 Å². The molecule has 9 nitrogen and oxygen atoms in total. The highest BCUT2D eigenvalue weighted by atomic mass is 19.1. The lowest BCUT2D eigenvalue weighted by Gasteiger charge is -2.34. The summed E-state index contributed by atoms with van der Waals surface area (Å²) in [6, 6.07) is 9.37. The van der Waals surface area contributed by atoms with Crippen molar-refractivity contribution in [1.82, 2.24) is 10.2 Å². The Morgan fingerprint density at radius 3 is 2.51 bits per heavy atom. The van der Waals surface area contributed by atoms with Crippen LogP contribution in [-0.4, -0.2) is 73.5 Å². The molecule has 0 bridgehead atoms. The van der Waals surface area contributed by atoms with Gasteiger partial charge < -0.3 is 35.4 Å². The number of benzene rings is 2. The van der Waals surface area contributed by atoms with Crippen LogP contribution in [0.3, 0.4) is 0 Å². The molecule has 0 radical (unpaired) electrons. The molecule has 0 saturated heterocycles. The van der Waals surface area contributed by atoms with Crippen molar-refractivity contribution in [1.29, 1.82) is 0 Å². The van der Waals surface area contributed by atoms with Crippen LogP contribution in [0.5, 0.6) is 5.75 Å². The van der Waals surface area contributed by atoms with Crippen molar-refractivity contribution < 1.29 is 28.6 Å². The molecule has 3 amide bonds. The number of carbonyl (C=O) groups is 2. The first-order chi connectivity index (χ1) is 18.7. The van der Waals surface area contributed by atoms with E-state index in [0.29, 0.717) is 36.8 Å². The van der Waals surface area contributed by atoms with Crippen molar-refractivity contribution in [3.8, 4) is 5.75 Å². The summed E-state index contributed by atoms with van der Waals surface area (Å²) < 4.78 is 25.6. The third kappa shape index (κ3) is 8.91. The van der Waals surface area contributed by atoms with Gasteiger partial charge in [0.15, 0.2) is 0 Å². The number of nitrogens with zero attached hydrogens (tertiary/aromatic N) is 1.